The molecule has 0 amide bonds. The van der Waals surface area contributed by atoms with E-state index >= 15 is 0 Å². The van der Waals surface area contributed by atoms with E-state index in [-0.39, 0.29) is 6.04 Å². The summed E-state index contributed by atoms with van der Waals surface area (Å²) < 4.78 is 10.5. The first-order valence-electron chi connectivity index (χ1n) is 4.74. The van der Waals surface area contributed by atoms with Crippen LogP contribution >= 0.6 is 11.6 Å². The molecule has 1 rings (SSSR count). The monoisotopic (exact) mass is 229 g/mol. The molecule has 0 heterocycles. The SMILES string of the molecule is COc1cc(Cl)cc(C[C@@H](C)N)c1OC. The van der Waals surface area contributed by atoms with E-state index in [1.165, 1.54) is 0 Å². The second-order valence-corrected chi connectivity index (χ2v) is 3.92. The fourth-order valence-electron chi connectivity index (χ4n) is 1.50. The molecule has 3 nitrogen and oxygen atoms in total. The summed E-state index contributed by atoms with van der Waals surface area (Å²) in [5.41, 5.74) is 6.72. The molecule has 1 aromatic rings. The van der Waals surface area contributed by atoms with Gasteiger partial charge < -0.3 is 15.2 Å². The lowest BCUT2D eigenvalue weighted by atomic mass is 10.1. The van der Waals surface area contributed by atoms with E-state index in [1.54, 1.807) is 20.3 Å². The first kappa shape index (κ1) is 12.1. The summed E-state index contributed by atoms with van der Waals surface area (Å²) >= 11 is 5.96. The molecule has 0 radical (unpaired) electrons. The smallest absolute Gasteiger partial charge is 0.164 e. The zero-order valence-electron chi connectivity index (χ0n) is 9.21. The Morgan fingerprint density at radius 2 is 2.00 bits per heavy atom. The molecule has 4 heteroatoms. The van der Waals surface area contributed by atoms with Crippen LogP contribution in [0.2, 0.25) is 5.02 Å². The molecule has 1 atom stereocenters. The van der Waals surface area contributed by atoms with Gasteiger partial charge in [-0.15, -0.1) is 0 Å². The molecular formula is C11H16ClNO2. The summed E-state index contributed by atoms with van der Waals surface area (Å²) in [6.45, 7) is 1.94. The highest BCUT2D eigenvalue weighted by Crippen LogP contribution is 2.34. The summed E-state index contributed by atoms with van der Waals surface area (Å²) in [4.78, 5) is 0. The van der Waals surface area contributed by atoms with E-state index in [0.29, 0.717) is 22.9 Å². The van der Waals surface area contributed by atoms with Crippen molar-refractivity contribution in [2.45, 2.75) is 19.4 Å². The first-order chi connectivity index (χ1) is 7.08. The van der Waals surface area contributed by atoms with Crippen molar-refractivity contribution in [3.05, 3.63) is 22.7 Å². The molecule has 0 fully saturated rings. The maximum Gasteiger partial charge on any atom is 0.164 e. The second-order valence-electron chi connectivity index (χ2n) is 3.48. The Bertz CT molecular complexity index is 340. The van der Waals surface area contributed by atoms with Crippen LogP contribution in [0.1, 0.15) is 12.5 Å². The van der Waals surface area contributed by atoms with Gasteiger partial charge in [0.25, 0.3) is 0 Å². The second kappa shape index (κ2) is 5.24. The van der Waals surface area contributed by atoms with Gasteiger partial charge in [-0.1, -0.05) is 11.6 Å². The van der Waals surface area contributed by atoms with Crippen molar-refractivity contribution in [2.24, 2.45) is 5.73 Å². The largest absolute Gasteiger partial charge is 0.493 e. The van der Waals surface area contributed by atoms with Crippen molar-refractivity contribution in [1.29, 1.82) is 0 Å². The number of ether oxygens (including phenoxy) is 2. The Morgan fingerprint density at radius 3 is 2.47 bits per heavy atom. The number of nitrogens with two attached hydrogens (primary N) is 1. The highest BCUT2D eigenvalue weighted by Gasteiger charge is 2.12. The number of hydrogen-bond acceptors (Lipinski definition) is 3. The van der Waals surface area contributed by atoms with Gasteiger partial charge >= 0.3 is 0 Å². The lowest BCUT2D eigenvalue weighted by Crippen LogP contribution is -2.18. The Balaban J connectivity index is 3.16. The van der Waals surface area contributed by atoms with Crippen LogP contribution in [0.4, 0.5) is 0 Å². The molecule has 1 aromatic carbocycles. The van der Waals surface area contributed by atoms with Crippen molar-refractivity contribution in [1.82, 2.24) is 0 Å². The van der Waals surface area contributed by atoms with Crippen molar-refractivity contribution >= 4 is 11.6 Å². The van der Waals surface area contributed by atoms with Gasteiger partial charge in [-0.25, -0.2) is 0 Å². The van der Waals surface area contributed by atoms with E-state index in [0.717, 1.165) is 5.56 Å². The van der Waals surface area contributed by atoms with Gasteiger partial charge in [-0.2, -0.15) is 0 Å². The van der Waals surface area contributed by atoms with E-state index in [2.05, 4.69) is 0 Å². The van der Waals surface area contributed by atoms with Crippen LogP contribution in [0.25, 0.3) is 0 Å². The number of benzene rings is 1. The van der Waals surface area contributed by atoms with Crippen LogP contribution in [-0.4, -0.2) is 20.3 Å². The standard InChI is InChI=1S/C11H16ClNO2/c1-7(13)4-8-5-9(12)6-10(14-2)11(8)15-3/h5-7H,4,13H2,1-3H3/t7-/m1/s1. The zero-order valence-corrected chi connectivity index (χ0v) is 9.97. The van der Waals surface area contributed by atoms with Gasteiger partial charge in [0.2, 0.25) is 0 Å². The molecule has 84 valence electrons. The molecule has 0 saturated carbocycles. The minimum absolute atomic E-state index is 0.0575. The summed E-state index contributed by atoms with van der Waals surface area (Å²) in [6.07, 6.45) is 0.708. The highest BCUT2D eigenvalue weighted by atomic mass is 35.5. The highest BCUT2D eigenvalue weighted by molar-refractivity contribution is 6.30. The fourth-order valence-corrected chi connectivity index (χ4v) is 1.74. The predicted octanol–water partition coefficient (Wildman–Crippen LogP) is 2.25. The lowest BCUT2D eigenvalue weighted by Gasteiger charge is -2.14. The Hall–Kier alpha value is -0.930. The molecule has 0 bridgehead atoms. The summed E-state index contributed by atoms with van der Waals surface area (Å²) in [5, 5.41) is 0.628. The van der Waals surface area contributed by atoms with Crippen LogP contribution in [0.3, 0.4) is 0 Å². The molecule has 2 N–H and O–H groups in total. The van der Waals surface area contributed by atoms with Gasteiger partial charge in [-0.3, -0.25) is 0 Å². The van der Waals surface area contributed by atoms with Gasteiger partial charge in [0.1, 0.15) is 0 Å². The van der Waals surface area contributed by atoms with Crippen molar-refractivity contribution in [3.63, 3.8) is 0 Å². The van der Waals surface area contributed by atoms with E-state index in [1.807, 2.05) is 13.0 Å². The number of methoxy groups -OCH3 is 2. The Morgan fingerprint density at radius 1 is 1.33 bits per heavy atom. The number of halogens is 1. The molecule has 15 heavy (non-hydrogen) atoms. The Kier molecular flexibility index (Phi) is 4.24. The molecule has 0 saturated heterocycles. The van der Waals surface area contributed by atoms with Gasteiger partial charge in [0, 0.05) is 22.7 Å². The van der Waals surface area contributed by atoms with E-state index < -0.39 is 0 Å². The average molecular weight is 230 g/mol. The van der Waals surface area contributed by atoms with E-state index in [9.17, 15) is 0 Å². The summed E-state index contributed by atoms with van der Waals surface area (Å²) in [7, 11) is 3.19. The third-order valence-electron chi connectivity index (χ3n) is 2.06. The van der Waals surface area contributed by atoms with E-state index in [4.69, 9.17) is 26.8 Å². The third kappa shape index (κ3) is 3.01. The van der Waals surface area contributed by atoms with Gasteiger partial charge in [-0.05, 0) is 19.4 Å². The predicted molar refractivity (Wildman–Crippen MR) is 61.9 cm³/mol. The number of hydrogen-bond donors (Lipinski definition) is 1. The molecule has 0 unspecified atom stereocenters. The summed E-state index contributed by atoms with van der Waals surface area (Å²) in [6, 6.07) is 3.64. The molecule has 0 aliphatic rings. The minimum Gasteiger partial charge on any atom is -0.493 e. The fraction of sp³-hybridized carbons (Fsp3) is 0.455. The maximum absolute atomic E-state index is 5.96. The molecule has 0 spiro atoms. The minimum atomic E-state index is 0.0575. The molecule has 0 aliphatic heterocycles. The molecule has 0 aromatic heterocycles. The first-order valence-corrected chi connectivity index (χ1v) is 5.12. The van der Waals surface area contributed by atoms with Crippen molar-refractivity contribution in [2.75, 3.05) is 14.2 Å². The van der Waals surface area contributed by atoms with Crippen LogP contribution in [0, 0.1) is 0 Å². The van der Waals surface area contributed by atoms with Crippen LogP contribution in [0.5, 0.6) is 11.5 Å². The average Bonchev–Trinajstić information content (AvgIpc) is 2.15. The van der Waals surface area contributed by atoms with Crippen molar-refractivity contribution < 1.29 is 9.47 Å². The van der Waals surface area contributed by atoms with Gasteiger partial charge in [0.15, 0.2) is 11.5 Å². The van der Waals surface area contributed by atoms with Crippen LogP contribution in [0.15, 0.2) is 12.1 Å². The number of rotatable bonds is 4. The maximum atomic E-state index is 5.96. The van der Waals surface area contributed by atoms with Crippen LogP contribution < -0.4 is 15.2 Å². The molecular weight excluding hydrogens is 214 g/mol. The normalized spacial score (nSPS) is 12.3. The van der Waals surface area contributed by atoms with Crippen molar-refractivity contribution in [3.8, 4) is 11.5 Å². The summed E-state index contributed by atoms with van der Waals surface area (Å²) in [5.74, 6) is 1.35. The topological polar surface area (TPSA) is 44.5 Å². The molecule has 0 aliphatic carbocycles. The zero-order chi connectivity index (χ0) is 11.4. The lowest BCUT2D eigenvalue weighted by molar-refractivity contribution is 0.351. The Labute approximate surface area is 95.1 Å². The quantitative estimate of drug-likeness (QED) is 0.861. The van der Waals surface area contributed by atoms with Gasteiger partial charge in [0.05, 0.1) is 14.2 Å². The van der Waals surface area contributed by atoms with Crippen LogP contribution in [-0.2, 0) is 6.42 Å². The third-order valence-corrected chi connectivity index (χ3v) is 2.28.